The molecule has 0 fully saturated rings. The van der Waals surface area contributed by atoms with Crippen molar-refractivity contribution in [2.75, 3.05) is 17.2 Å². The van der Waals surface area contributed by atoms with Gasteiger partial charge in [0.05, 0.1) is 18.6 Å². The smallest absolute Gasteiger partial charge is 0.243 e. The van der Waals surface area contributed by atoms with Crippen molar-refractivity contribution in [2.45, 2.75) is 26.4 Å². The van der Waals surface area contributed by atoms with E-state index in [1.807, 2.05) is 25.1 Å². The van der Waals surface area contributed by atoms with Gasteiger partial charge < -0.3 is 10.1 Å². The molecule has 0 aromatic heterocycles. The Morgan fingerprint density at radius 2 is 1.93 bits per heavy atom. The summed E-state index contributed by atoms with van der Waals surface area (Å²) in [5, 5.41) is 2.72. The van der Waals surface area contributed by atoms with E-state index in [0.717, 1.165) is 22.2 Å². The first-order chi connectivity index (χ1) is 12.7. The van der Waals surface area contributed by atoms with E-state index >= 15 is 0 Å². The number of hydrogen-bond donors (Lipinski definition) is 1. The normalized spacial score (nSPS) is 12.3. The second-order valence-corrected chi connectivity index (χ2v) is 7.83. The van der Waals surface area contributed by atoms with Crippen LogP contribution in [0.4, 0.5) is 10.1 Å². The zero-order valence-corrected chi connectivity index (χ0v) is 16.3. The molecule has 0 aliphatic rings. The molecule has 2 rings (SSSR count). The number of sulfonamides is 1. The van der Waals surface area contributed by atoms with Gasteiger partial charge in [-0.1, -0.05) is 24.3 Å². The van der Waals surface area contributed by atoms with Crippen LogP contribution in [0, 0.1) is 5.82 Å². The monoisotopic (exact) mass is 394 g/mol. The summed E-state index contributed by atoms with van der Waals surface area (Å²) in [4.78, 5) is 12.6. The molecule has 1 atom stereocenters. The van der Waals surface area contributed by atoms with Crippen LogP contribution in [0.2, 0.25) is 0 Å². The van der Waals surface area contributed by atoms with Gasteiger partial charge in [-0.2, -0.15) is 0 Å². The summed E-state index contributed by atoms with van der Waals surface area (Å²) < 4.78 is 44.4. The van der Waals surface area contributed by atoms with Crippen molar-refractivity contribution < 1.29 is 22.3 Å². The summed E-state index contributed by atoms with van der Waals surface area (Å²) in [5.41, 5.74) is 0.867. The topological polar surface area (TPSA) is 75.7 Å². The van der Waals surface area contributed by atoms with Gasteiger partial charge in [-0.3, -0.25) is 9.10 Å². The maximum absolute atomic E-state index is 13.5. The zero-order valence-electron chi connectivity index (χ0n) is 15.5. The van der Waals surface area contributed by atoms with Crippen molar-refractivity contribution in [2.24, 2.45) is 0 Å². The lowest BCUT2D eigenvalue weighted by atomic mass is 10.2. The molecule has 27 heavy (non-hydrogen) atoms. The van der Waals surface area contributed by atoms with Crippen LogP contribution in [0.15, 0.2) is 48.5 Å². The highest BCUT2D eigenvalue weighted by Gasteiger charge is 2.29. The van der Waals surface area contributed by atoms with Crippen molar-refractivity contribution in [1.82, 2.24) is 5.32 Å². The number of anilines is 1. The van der Waals surface area contributed by atoms with Crippen molar-refractivity contribution in [3.8, 4) is 5.75 Å². The Kier molecular flexibility index (Phi) is 6.79. The van der Waals surface area contributed by atoms with Crippen molar-refractivity contribution in [3.05, 3.63) is 59.9 Å². The molecule has 2 aromatic rings. The van der Waals surface area contributed by atoms with E-state index in [2.05, 4.69) is 5.32 Å². The van der Waals surface area contributed by atoms with Crippen LogP contribution >= 0.6 is 0 Å². The molecule has 6 nitrogen and oxygen atoms in total. The third-order valence-corrected chi connectivity index (χ3v) is 5.12. The van der Waals surface area contributed by atoms with E-state index < -0.39 is 27.8 Å². The van der Waals surface area contributed by atoms with Gasteiger partial charge in [-0.25, -0.2) is 12.8 Å². The Morgan fingerprint density at radius 3 is 2.56 bits per heavy atom. The third kappa shape index (κ3) is 5.43. The molecule has 2 aromatic carbocycles. The number of carbonyl (C=O) groups excluding carboxylic acids is 1. The van der Waals surface area contributed by atoms with Gasteiger partial charge in [0.2, 0.25) is 15.9 Å². The molecule has 0 aliphatic carbocycles. The number of ether oxygens (including phenoxy) is 1. The molecule has 0 spiro atoms. The number of rotatable bonds is 8. The standard InChI is InChI=1S/C19H23FN2O4S/c1-4-26-18-11-6-5-8-15(18)13-21-19(23)14(2)22(27(3,24)25)17-10-7-9-16(20)12-17/h5-12,14H,4,13H2,1-3H3,(H,21,23). The summed E-state index contributed by atoms with van der Waals surface area (Å²) in [5.74, 6) is -0.437. The molecule has 1 amide bonds. The van der Waals surface area contributed by atoms with Crippen LogP contribution < -0.4 is 14.4 Å². The molecule has 0 aliphatic heterocycles. The molecule has 1 unspecified atom stereocenters. The lowest BCUT2D eigenvalue weighted by Gasteiger charge is -2.28. The summed E-state index contributed by atoms with van der Waals surface area (Å²) in [7, 11) is -3.80. The van der Waals surface area contributed by atoms with Gasteiger partial charge in [0.1, 0.15) is 17.6 Å². The fourth-order valence-electron chi connectivity index (χ4n) is 2.70. The number of nitrogens with zero attached hydrogens (tertiary/aromatic N) is 1. The van der Waals surface area contributed by atoms with E-state index in [1.165, 1.54) is 25.1 Å². The number of para-hydroxylation sites is 1. The summed E-state index contributed by atoms with van der Waals surface area (Å²) in [6.07, 6.45) is 0.978. The van der Waals surface area contributed by atoms with Crippen molar-refractivity contribution >= 4 is 21.6 Å². The highest BCUT2D eigenvalue weighted by molar-refractivity contribution is 7.92. The fourth-order valence-corrected chi connectivity index (χ4v) is 3.86. The van der Waals surface area contributed by atoms with Crippen LogP contribution in [0.5, 0.6) is 5.75 Å². The molecule has 8 heteroatoms. The number of nitrogens with one attached hydrogen (secondary N) is 1. The first-order valence-corrected chi connectivity index (χ1v) is 10.3. The van der Waals surface area contributed by atoms with Gasteiger partial charge in [-0.05, 0) is 38.1 Å². The quantitative estimate of drug-likeness (QED) is 0.747. The summed E-state index contributed by atoms with van der Waals surface area (Å²) in [6, 6.07) is 11.3. The molecule has 0 bridgehead atoms. The van der Waals surface area contributed by atoms with Crippen molar-refractivity contribution in [1.29, 1.82) is 0 Å². The van der Waals surface area contributed by atoms with E-state index in [4.69, 9.17) is 4.74 Å². The minimum absolute atomic E-state index is 0.0925. The maximum atomic E-state index is 13.5. The average Bonchev–Trinajstić information content (AvgIpc) is 2.60. The van der Waals surface area contributed by atoms with E-state index in [1.54, 1.807) is 6.07 Å². The number of hydrogen-bond acceptors (Lipinski definition) is 4. The molecule has 0 heterocycles. The largest absolute Gasteiger partial charge is 0.494 e. The molecule has 0 radical (unpaired) electrons. The van der Waals surface area contributed by atoms with Gasteiger partial charge in [0.25, 0.3) is 0 Å². The van der Waals surface area contributed by atoms with Crippen LogP contribution in [-0.4, -0.2) is 33.2 Å². The summed E-state index contributed by atoms with van der Waals surface area (Å²) >= 11 is 0. The zero-order chi connectivity index (χ0) is 20.0. The number of amides is 1. The minimum Gasteiger partial charge on any atom is -0.494 e. The van der Waals surface area contributed by atoms with Crippen LogP contribution in [-0.2, 0) is 21.4 Å². The Bertz CT molecular complexity index is 902. The first kappa shape index (κ1) is 20.7. The van der Waals surface area contributed by atoms with Gasteiger partial charge >= 0.3 is 0 Å². The number of benzene rings is 2. The highest BCUT2D eigenvalue weighted by atomic mass is 32.2. The third-order valence-electron chi connectivity index (χ3n) is 3.88. The molecule has 1 N–H and O–H groups in total. The van der Waals surface area contributed by atoms with Gasteiger partial charge in [-0.15, -0.1) is 0 Å². The van der Waals surface area contributed by atoms with E-state index in [-0.39, 0.29) is 12.2 Å². The Labute approximate surface area is 159 Å². The second-order valence-electron chi connectivity index (χ2n) is 5.97. The molecular weight excluding hydrogens is 371 g/mol. The summed E-state index contributed by atoms with van der Waals surface area (Å²) in [6.45, 7) is 3.99. The Hall–Kier alpha value is -2.61. The second kappa shape index (κ2) is 8.85. The lowest BCUT2D eigenvalue weighted by molar-refractivity contribution is -0.122. The van der Waals surface area contributed by atoms with Crippen LogP contribution in [0.1, 0.15) is 19.4 Å². The predicted molar refractivity (Wildman–Crippen MR) is 103 cm³/mol. The highest BCUT2D eigenvalue weighted by Crippen LogP contribution is 2.22. The lowest BCUT2D eigenvalue weighted by Crippen LogP contribution is -2.47. The molecule has 146 valence electrons. The number of carbonyl (C=O) groups is 1. The Balaban J connectivity index is 2.19. The van der Waals surface area contributed by atoms with Crippen LogP contribution in [0.3, 0.4) is 0 Å². The molecule has 0 saturated carbocycles. The maximum Gasteiger partial charge on any atom is 0.243 e. The number of halogens is 1. The minimum atomic E-state index is -3.80. The fraction of sp³-hybridized carbons (Fsp3) is 0.316. The van der Waals surface area contributed by atoms with Crippen LogP contribution in [0.25, 0.3) is 0 Å². The van der Waals surface area contributed by atoms with E-state index in [0.29, 0.717) is 12.4 Å². The van der Waals surface area contributed by atoms with E-state index in [9.17, 15) is 17.6 Å². The average molecular weight is 394 g/mol. The first-order valence-electron chi connectivity index (χ1n) is 8.47. The predicted octanol–water partition coefficient (Wildman–Crippen LogP) is 2.70. The Morgan fingerprint density at radius 1 is 1.22 bits per heavy atom. The molecular formula is C19H23FN2O4S. The van der Waals surface area contributed by atoms with Gasteiger partial charge in [0, 0.05) is 12.1 Å². The van der Waals surface area contributed by atoms with Crippen molar-refractivity contribution in [3.63, 3.8) is 0 Å². The van der Waals surface area contributed by atoms with Gasteiger partial charge in [0.15, 0.2) is 0 Å². The molecule has 0 saturated heterocycles. The SMILES string of the molecule is CCOc1ccccc1CNC(=O)C(C)N(c1cccc(F)c1)S(C)(=O)=O.